The molecular weight excluding hydrogens is 342 g/mol. The second-order valence-electron chi connectivity index (χ2n) is 7.60. The third-order valence-electron chi connectivity index (χ3n) is 4.87. The summed E-state index contributed by atoms with van der Waals surface area (Å²) in [4.78, 5) is 25.2. The highest BCUT2D eigenvalue weighted by molar-refractivity contribution is 7.18. The smallest absolute Gasteiger partial charge is 0.259 e. The Morgan fingerprint density at radius 3 is 2.77 bits per heavy atom. The van der Waals surface area contributed by atoms with Crippen LogP contribution in [0.2, 0.25) is 0 Å². The van der Waals surface area contributed by atoms with Gasteiger partial charge in [-0.05, 0) is 36.3 Å². The minimum absolute atomic E-state index is 0.0357. The first-order valence-electron chi connectivity index (χ1n) is 9.40. The fourth-order valence-electron chi connectivity index (χ4n) is 3.88. The summed E-state index contributed by atoms with van der Waals surface area (Å²) in [5.41, 5.74) is 2.56. The Balaban J connectivity index is 1.61. The SMILES string of the molecule is CC(C)CN(Cc1ccccc1)Cc1nc2sc3c(c2c(=O)[nH]1)CCC3. The molecule has 0 amide bonds. The van der Waals surface area contributed by atoms with E-state index in [0.717, 1.165) is 48.4 Å². The van der Waals surface area contributed by atoms with Gasteiger partial charge >= 0.3 is 0 Å². The third-order valence-corrected chi connectivity index (χ3v) is 6.06. The maximum Gasteiger partial charge on any atom is 0.259 e. The summed E-state index contributed by atoms with van der Waals surface area (Å²) in [6.45, 7) is 6.95. The van der Waals surface area contributed by atoms with Crippen molar-refractivity contribution in [1.82, 2.24) is 14.9 Å². The van der Waals surface area contributed by atoms with E-state index < -0.39 is 0 Å². The van der Waals surface area contributed by atoms with Crippen LogP contribution in [0.15, 0.2) is 35.1 Å². The van der Waals surface area contributed by atoms with Crippen LogP contribution in [0, 0.1) is 5.92 Å². The molecule has 136 valence electrons. The lowest BCUT2D eigenvalue weighted by molar-refractivity contribution is 0.222. The average Bonchev–Trinajstić information content (AvgIpc) is 3.15. The van der Waals surface area contributed by atoms with Crippen LogP contribution in [0.4, 0.5) is 0 Å². The Kier molecular flexibility index (Phi) is 4.92. The number of thiophene rings is 1. The van der Waals surface area contributed by atoms with Gasteiger partial charge < -0.3 is 4.98 Å². The van der Waals surface area contributed by atoms with Crippen molar-refractivity contribution in [2.75, 3.05) is 6.54 Å². The van der Waals surface area contributed by atoms with E-state index in [0.29, 0.717) is 12.5 Å². The number of nitrogens with zero attached hydrogens (tertiary/aromatic N) is 2. The molecule has 0 spiro atoms. The zero-order chi connectivity index (χ0) is 18.1. The van der Waals surface area contributed by atoms with Crippen molar-refractivity contribution in [2.45, 2.75) is 46.2 Å². The fraction of sp³-hybridized carbons (Fsp3) is 0.429. The lowest BCUT2D eigenvalue weighted by Crippen LogP contribution is -2.29. The van der Waals surface area contributed by atoms with E-state index in [9.17, 15) is 4.79 Å². The van der Waals surface area contributed by atoms with Crippen LogP contribution in [-0.2, 0) is 25.9 Å². The molecule has 1 aliphatic carbocycles. The molecule has 0 saturated carbocycles. The summed E-state index contributed by atoms with van der Waals surface area (Å²) in [6.07, 6.45) is 3.28. The van der Waals surface area contributed by atoms with Crippen LogP contribution < -0.4 is 5.56 Å². The molecule has 2 aromatic heterocycles. The van der Waals surface area contributed by atoms with Crippen molar-refractivity contribution in [3.05, 3.63) is 62.5 Å². The Bertz CT molecular complexity index is 959. The van der Waals surface area contributed by atoms with Gasteiger partial charge in [0.25, 0.3) is 5.56 Å². The number of rotatable bonds is 6. The predicted molar refractivity (Wildman–Crippen MR) is 108 cm³/mol. The molecule has 4 rings (SSSR count). The molecular formula is C21H25N3OS. The highest BCUT2D eigenvalue weighted by Crippen LogP contribution is 2.34. The van der Waals surface area contributed by atoms with E-state index in [2.05, 4.69) is 48.0 Å². The molecule has 0 atom stereocenters. The Morgan fingerprint density at radius 2 is 2.00 bits per heavy atom. The maximum absolute atomic E-state index is 12.7. The summed E-state index contributed by atoms with van der Waals surface area (Å²) in [5.74, 6) is 1.33. The van der Waals surface area contributed by atoms with Gasteiger partial charge in [0, 0.05) is 18.0 Å². The summed E-state index contributed by atoms with van der Waals surface area (Å²) in [5, 5.41) is 0.838. The maximum atomic E-state index is 12.7. The van der Waals surface area contributed by atoms with Crippen LogP contribution in [0.5, 0.6) is 0 Å². The van der Waals surface area contributed by atoms with E-state index in [1.54, 1.807) is 11.3 Å². The number of aryl methyl sites for hydroxylation is 2. The van der Waals surface area contributed by atoms with E-state index >= 15 is 0 Å². The van der Waals surface area contributed by atoms with Crippen molar-refractivity contribution in [2.24, 2.45) is 5.92 Å². The molecule has 26 heavy (non-hydrogen) atoms. The molecule has 0 radical (unpaired) electrons. The summed E-state index contributed by atoms with van der Waals surface area (Å²) < 4.78 is 0. The minimum Gasteiger partial charge on any atom is -0.309 e. The number of hydrogen-bond acceptors (Lipinski definition) is 4. The Hall–Kier alpha value is -1.98. The molecule has 2 heterocycles. The number of aromatic nitrogens is 2. The number of aromatic amines is 1. The van der Waals surface area contributed by atoms with Crippen LogP contribution in [-0.4, -0.2) is 21.4 Å². The molecule has 5 heteroatoms. The lowest BCUT2D eigenvalue weighted by atomic mass is 10.1. The van der Waals surface area contributed by atoms with Crippen LogP contribution in [0.3, 0.4) is 0 Å². The lowest BCUT2D eigenvalue weighted by Gasteiger charge is -2.23. The van der Waals surface area contributed by atoms with Gasteiger partial charge in [-0.2, -0.15) is 0 Å². The minimum atomic E-state index is 0.0357. The van der Waals surface area contributed by atoms with E-state index in [1.807, 2.05) is 6.07 Å². The van der Waals surface area contributed by atoms with Crippen LogP contribution in [0.1, 0.15) is 42.1 Å². The Morgan fingerprint density at radius 1 is 1.19 bits per heavy atom. The molecule has 0 aliphatic heterocycles. The first-order chi connectivity index (χ1) is 12.6. The van der Waals surface area contributed by atoms with Crippen molar-refractivity contribution in [3.63, 3.8) is 0 Å². The fourth-order valence-corrected chi connectivity index (χ4v) is 5.16. The molecule has 0 bridgehead atoms. The number of hydrogen-bond donors (Lipinski definition) is 1. The monoisotopic (exact) mass is 367 g/mol. The average molecular weight is 368 g/mol. The standard InChI is InChI=1S/C21H25N3OS/c1-14(2)11-24(12-15-7-4-3-5-8-15)13-18-22-20(25)19-16-9-6-10-17(16)26-21(19)23-18/h3-5,7-8,14H,6,9-13H2,1-2H3,(H,22,23,25). The molecule has 0 saturated heterocycles. The van der Waals surface area contributed by atoms with Gasteiger partial charge in [-0.3, -0.25) is 9.69 Å². The second kappa shape index (κ2) is 7.33. The van der Waals surface area contributed by atoms with Gasteiger partial charge in [-0.15, -0.1) is 11.3 Å². The normalized spacial score (nSPS) is 13.8. The molecule has 4 nitrogen and oxygen atoms in total. The predicted octanol–water partition coefficient (Wildman–Crippen LogP) is 4.13. The molecule has 1 aliphatic rings. The van der Waals surface area contributed by atoms with Gasteiger partial charge in [0.05, 0.1) is 11.9 Å². The number of benzene rings is 1. The number of fused-ring (bicyclic) bond motifs is 3. The summed E-state index contributed by atoms with van der Waals surface area (Å²) in [6, 6.07) is 10.5. The third kappa shape index (κ3) is 3.60. The van der Waals surface area contributed by atoms with Gasteiger partial charge in [0.2, 0.25) is 0 Å². The topological polar surface area (TPSA) is 49.0 Å². The van der Waals surface area contributed by atoms with Crippen molar-refractivity contribution >= 4 is 21.6 Å². The number of H-pyrrole nitrogens is 1. The van der Waals surface area contributed by atoms with Gasteiger partial charge in [-0.1, -0.05) is 44.2 Å². The Labute approximate surface area is 157 Å². The molecule has 1 aromatic carbocycles. The van der Waals surface area contributed by atoms with E-state index in [-0.39, 0.29) is 5.56 Å². The highest BCUT2D eigenvalue weighted by Gasteiger charge is 2.21. The zero-order valence-electron chi connectivity index (χ0n) is 15.4. The first-order valence-corrected chi connectivity index (χ1v) is 10.2. The van der Waals surface area contributed by atoms with E-state index in [1.165, 1.54) is 16.0 Å². The van der Waals surface area contributed by atoms with Gasteiger partial charge in [-0.25, -0.2) is 4.98 Å². The summed E-state index contributed by atoms with van der Waals surface area (Å²) >= 11 is 1.71. The molecule has 1 N–H and O–H groups in total. The zero-order valence-corrected chi connectivity index (χ0v) is 16.2. The quantitative estimate of drug-likeness (QED) is 0.713. The van der Waals surface area contributed by atoms with Crippen LogP contribution >= 0.6 is 11.3 Å². The highest BCUT2D eigenvalue weighted by atomic mass is 32.1. The van der Waals surface area contributed by atoms with E-state index in [4.69, 9.17) is 4.98 Å². The second-order valence-corrected chi connectivity index (χ2v) is 8.68. The van der Waals surface area contributed by atoms with Crippen LogP contribution in [0.25, 0.3) is 10.2 Å². The molecule has 0 fully saturated rings. The van der Waals surface area contributed by atoms with Crippen molar-refractivity contribution < 1.29 is 0 Å². The number of nitrogens with one attached hydrogen (secondary N) is 1. The molecule has 3 aromatic rings. The summed E-state index contributed by atoms with van der Waals surface area (Å²) in [7, 11) is 0. The van der Waals surface area contributed by atoms with Crippen molar-refractivity contribution in [3.8, 4) is 0 Å². The van der Waals surface area contributed by atoms with Gasteiger partial charge in [0.1, 0.15) is 10.7 Å². The molecule has 0 unspecified atom stereocenters. The first kappa shape index (κ1) is 17.4. The van der Waals surface area contributed by atoms with Gasteiger partial charge in [0.15, 0.2) is 0 Å². The largest absolute Gasteiger partial charge is 0.309 e. The van der Waals surface area contributed by atoms with Crippen molar-refractivity contribution in [1.29, 1.82) is 0 Å².